The first-order valence-electron chi connectivity index (χ1n) is 8.70. The molecule has 1 aliphatic carbocycles. The molecule has 3 rings (SSSR count). The summed E-state index contributed by atoms with van der Waals surface area (Å²) < 4.78 is 5.70. The number of carbonyl (C=O) groups excluding carboxylic acids is 2. The van der Waals surface area contributed by atoms with Gasteiger partial charge in [-0.2, -0.15) is 0 Å². The van der Waals surface area contributed by atoms with Crippen LogP contribution in [-0.2, 0) is 6.42 Å². The van der Waals surface area contributed by atoms with E-state index >= 15 is 0 Å². The van der Waals surface area contributed by atoms with Crippen LogP contribution in [0.2, 0.25) is 0 Å². The summed E-state index contributed by atoms with van der Waals surface area (Å²) in [7, 11) is 2.00. The van der Waals surface area contributed by atoms with Gasteiger partial charge in [-0.1, -0.05) is 18.2 Å². The Morgan fingerprint density at radius 3 is 2.68 bits per heavy atom. The molecule has 0 saturated heterocycles. The molecule has 0 fully saturated rings. The van der Waals surface area contributed by atoms with E-state index in [-0.39, 0.29) is 23.5 Å². The highest BCUT2D eigenvalue weighted by Crippen LogP contribution is 2.29. The van der Waals surface area contributed by atoms with Crippen LogP contribution in [0.5, 0.6) is 0 Å². The average molecular weight is 340 g/mol. The first-order valence-corrected chi connectivity index (χ1v) is 8.70. The van der Waals surface area contributed by atoms with Crippen LogP contribution in [0.25, 0.3) is 0 Å². The Hall–Kier alpha value is -2.56. The number of hydrogen-bond acceptors (Lipinski definition) is 4. The van der Waals surface area contributed by atoms with Crippen LogP contribution >= 0.6 is 0 Å². The van der Waals surface area contributed by atoms with Gasteiger partial charge in [0.05, 0.1) is 5.56 Å². The van der Waals surface area contributed by atoms with Crippen molar-refractivity contribution in [2.45, 2.75) is 39.2 Å². The van der Waals surface area contributed by atoms with Crippen molar-refractivity contribution >= 4 is 17.4 Å². The van der Waals surface area contributed by atoms with Gasteiger partial charge in [-0.15, -0.1) is 0 Å². The van der Waals surface area contributed by atoms with E-state index in [0.717, 1.165) is 18.5 Å². The number of fused-ring (bicyclic) bond motifs is 1. The Balaban J connectivity index is 1.66. The lowest BCUT2D eigenvalue weighted by atomic mass is 9.94. The van der Waals surface area contributed by atoms with Gasteiger partial charge in [0.15, 0.2) is 11.5 Å². The molecule has 0 saturated carbocycles. The van der Waals surface area contributed by atoms with Crippen molar-refractivity contribution in [1.29, 1.82) is 0 Å². The average Bonchev–Trinajstić information content (AvgIpc) is 2.97. The topological polar surface area (TPSA) is 62.6 Å². The molecule has 5 nitrogen and oxygen atoms in total. The summed E-state index contributed by atoms with van der Waals surface area (Å²) >= 11 is 0. The fourth-order valence-electron chi connectivity index (χ4n) is 3.24. The fourth-order valence-corrected chi connectivity index (χ4v) is 3.24. The molecule has 1 aliphatic rings. The van der Waals surface area contributed by atoms with Crippen LogP contribution in [0.1, 0.15) is 52.0 Å². The number of amides is 1. The highest BCUT2D eigenvalue weighted by atomic mass is 16.4. The number of carbonyl (C=O) groups is 2. The van der Waals surface area contributed by atoms with Crippen LogP contribution in [-0.4, -0.2) is 31.3 Å². The van der Waals surface area contributed by atoms with Gasteiger partial charge >= 0.3 is 0 Å². The van der Waals surface area contributed by atoms with E-state index in [1.54, 1.807) is 6.92 Å². The molecule has 5 heteroatoms. The zero-order chi connectivity index (χ0) is 18.0. The summed E-state index contributed by atoms with van der Waals surface area (Å²) in [6.45, 7) is 4.33. The third-order valence-corrected chi connectivity index (χ3v) is 4.90. The number of likely N-dealkylation sites (N-methyl/N-ethyl adjacent to an activating group) is 1. The number of ketones is 1. The van der Waals surface area contributed by atoms with Gasteiger partial charge in [-0.3, -0.25) is 9.59 Å². The number of benzene rings is 1. The molecule has 25 heavy (non-hydrogen) atoms. The summed E-state index contributed by atoms with van der Waals surface area (Å²) in [4.78, 5) is 26.7. The summed E-state index contributed by atoms with van der Waals surface area (Å²) in [6, 6.07) is 10.2. The molecule has 1 atom stereocenters. The molecule has 1 N–H and O–H groups in total. The van der Waals surface area contributed by atoms with E-state index in [1.807, 2.05) is 37.4 Å². The van der Waals surface area contributed by atoms with Gasteiger partial charge in [-0.25, -0.2) is 0 Å². The molecule has 0 unspecified atom stereocenters. The zero-order valence-corrected chi connectivity index (χ0v) is 15.0. The van der Waals surface area contributed by atoms with Crippen molar-refractivity contribution in [3.05, 3.63) is 53.0 Å². The third kappa shape index (κ3) is 3.45. The number of Topliss-reactive ketones (excluding diaryl/α,β-unsaturated/α-hetero) is 1. The molecule has 0 bridgehead atoms. The second-order valence-corrected chi connectivity index (χ2v) is 6.64. The van der Waals surface area contributed by atoms with Gasteiger partial charge in [0, 0.05) is 43.7 Å². The predicted molar refractivity (Wildman–Crippen MR) is 97.4 cm³/mol. The van der Waals surface area contributed by atoms with Crippen LogP contribution in [0, 0.1) is 6.92 Å². The first kappa shape index (κ1) is 17.3. The Morgan fingerprint density at radius 1 is 1.28 bits per heavy atom. The Labute approximate surface area is 148 Å². The van der Waals surface area contributed by atoms with Crippen molar-refractivity contribution in [3.63, 3.8) is 0 Å². The lowest BCUT2D eigenvalue weighted by molar-refractivity contribution is 0.0917. The lowest BCUT2D eigenvalue weighted by Crippen LogP contribution is -2.40. The summed E-state index contributed by atoms with van der Waals surface area (Å²) in [5.74, 6) is 0.759. The van der Waals surface area contributed by atoms with Crippen LogP contribution in [0.4, 0.5) is 5.69 Å². The number of hydrogen-bond donors (Lipinski definition) is 1. The van der Waals surface area contributed by atoms with Crippen molar-refractivity contribution < 1.29 is 14.0 Å². The number of para-hydroxylation sites is 1. The minimum absolute atomic E-state index is 0.0822. The number of nitrogens with one attached hydrogen (secondary N) is 1. The Kier molecular flexibility index (Phi) is 4.93. The number of anilines is 1. The van der Waals surface area contributed by atoms with Gasteiger partial charge in [0.25, 0.3) is 5.91 Å². The van der Waals surface area contributed by atoms with Crippen molar-refractivity contribution in [2.75, 3.05) is 18.5 Å². The summed E-state index contributed by atoms with van der Waals surface area (Å²) in [6.07, 6.45) is 2.05. The highest BCUT2D eigenvalue weighted by Gasteiger charge is 2.28. The quantitative estimate of drug-likeness (QED) is 0.906. The van der Waals surface area contributed by atoms with E-state index in [0.29, 0.717) is 29.9 Å². The number of nitrogens with zero attached hydrogens (tertiary/aromatic N) is 1. The normalized spacial score (nSPS) is 14.8. The molecule has 1 aromatic carbocycles. The maximum absolute atomic E-state index is 12.5. The molecule has 0 spiro atoms. The van der Waals surface area contributed by atoms with Crippen molar-refractivity contribution in [2.24, 2.45) is 0 Å². The SMILES string of the molecule is Cc1c(C(=O)NC[C@H](C)N(C)c2ccccc2)oc2c1C(=O)CCC2. The Morgan fingerprint density at radius 2 is 2.00 bits per heavy atom. The number of aryl methyl sites for hydroxylation is 1. The number of rotatable bonds is 5. The second kappa shape index (κ2) is 7.13. The van der Waals surface area contributed by atoms with Crippen molar-refractivity contribution in [3.8, 4) is 0 Å². The summed E-state index contributed by atoms with van der Waals surface area (Å²) in [5, 5.41) is 2.93. The van der Waals surface area contributed by atoms with Crippen molar-refractivity contribution in [1.82, 2.24) is 5.32 Å². The molecule has 0 radical (unpaired) electrons. The van der Waals surface area contributed by atoms with Crippen LogP contribution in [0.15, 0.2) is 34.7 Å². The monoisotopic (exact) mass is 340 g/mol. The minimum Gasteiger partial charge on any atom is -0.455 e. The zero-order valence-electron chi connectivity index (χ0n) is 15.0. The van der Waals surface area contributed by atoms with E-state index in [2.05, 4.69) is 17.1 Å². The molecule has 0 aliphatic heterocycles. The van der Waals surface area contributed by atoms with E-state index in [9.17, 15) is 9.59 Å². The lowest BCUT2D eigenvalue weighted by Gasteiger charge is -2.27. The van der Waals surface area contributed by atoms with Gasteiger partial charge in [0.1, 0.15) is 5.76 Å². The number of furan rings is 1. The molecule has 1 amide bonds. The van der Waals surface area contributed by atoms with Crippen LogP contribution in [0.3, 0.4) is 0 Å². The molecule has 132 valence electrons. The summed E-state index contributed by atoms with van der Waals surface area (Å²) in [5.41, 5.74) is 2.38. The predicted octanol–water partition coefficient (Wildman–Crippen LogP) is 3.36. The van der Waals surface area contributed by atoms with Gasteiger partial charge < -0.3 is 14.6 Å². The fraction of sp³-hybridized carbons (Fsp3) is 0.400. The highest BCUT2D eigenvalue weighted by molar-refractivity contribution is 6.03. The molecule has 1 aromatic heterocycles. The van der Waals surface area contributed by atoms with E-state index in [4.69, 9.17) is 4.42 Å². The smallest absolute Gasteiger partial charge is 0.287 e. The van der Waals surface area contributed by atoms with Gasteiger partial charge in [0.2, 0.25) is 0 Å². The van der Waals surface area contributed by atoms with Crippen LogP contribution < -0.4 is 10.2 Å². The third-order valence-electron chi connectivity index (χ3n) is 4.90. The van der Waals surface area contributed by atoms with Gasteiger partial charge in [-0.05, 0) is 32.4 Å². The maximum Gasteiger partial charge on any atom is 0.287 e. The Bertz CT molecular complexity index is 780. The standard InChI is InChI=1S/C20H24N2O3/c1-13(22(3)15-8-5-4-6-9-15)12-21-20(24)19-14(2)18-16(23)10-7-11-17(18)25-19/h4-6,8-9,13H,7,10-12H2,1-3H3,(H,21,24)/t13-/m0/s1. The maximum atomic E-state index is 12.5. The molecular formula is C20H24N2O3. The largest absolute Gasteiger partial charge is 0.455 e. The second-order valence-electron chi connectivity index (χ2n) is 6.64. The van der Waals surface area contributed by atoms with E-state index in [1.165, 1.54) is 0 Å². The first-order chi connectivity index (χ1) is 12.0. The minimum atomic E-state index is -0.256. The van der Waals surface area contributed by atoms with E-state index < -0.39 is 0 Å². The molecular weight excluding hydrogens is 316 g/mol. The molecule has 1 heterocycles. The molecule has 2 aromatic rings.